The van der Waals surface area contributed by atoms with Crippen LogP contribution in [0.25, 0.3) is 0 Å². The summed E-state index contributed by atoms with van der Waals surface area (Å²) in [4.78, 5) is 2.46. The minimum Gasteiger partial charge on any atom is -0.302 e. The van der Waals surface area contributed by atoms with Crippen LogP contribution in [0.4, 0.5) is 0 Å². The van der Waals surface area contributed by atoms with Gasteiger partial charge in [-0.1, -0.05) is 18.2 Å². The Kier molecular flexibility index (Phi) is 2.10. The van der Waals surface area contributed by atoms with E-state index in [-0.39, 0.29) is 0 Å². The van der Waals surface area contributed by atoms with Gasteiger partial charge < -0.3 is 4.90 Å². The maximum absolute atomic E-state index is 2.46. The Morgan fingerprint density at radius 3 is 3.07 bits per heavy atom. The molecule has 3 aliphatic rings. The van der Waals surface area contributed by atoms with E-state index in [2.05, 4.69) is 37.1 Å². The molecular formula is C14H19N. The predicted molar refractivity (Wildman–Crippen MR) is 63.6 cm³/mol. The van der Waals surface area contributed by atoms with Gasteiger partial charge in [0.05, 0.1) is 0 Å². The van der Waals surface area contributed by atoms with Gasteiger partial charge in [-0.2, -0.15) is 0 Å². The van der Waals surface area contributed by atoms with Crippen LogP contribution in [0.5, 0.6) is 0 Å². The van der Waals surface area contributed by atoms with Gasteiger partial charge in [-0.25, -0.2) is 0 Å². The average molecular weight is 201 g/mol. The molecule has 0 aromatic heterocycles. The molecule has 1 nitrogen and oxygen atoms in total. The normalized spacial score (nSPS) is 35.2. The minimum atomic E-state index is 0.818. The second kappa shape index (κ2) is 3.34. The third kappa shape index (κ3) is 1.33. The zero-order valence-electron chi connectivity index (χ0n) is 9.66. The van der Waals surface area contributed by atoms with Gasteiger partial charge in [-0.15, -0.1) is 0 Å². The fraction of sp³-hybridized carbons (Fsp3) is 0.571. The van der Waals surface area contributed by atoms with Crippen LogP contribution in [0, 0.1) is 11.8 Å². The Balaban J connectivity index is 2.00. The highest BCUT2D eigenvalue weighted by atomic mass is 15.1. The summed E-state index contributed by atoms with van der Waals surface area (Å²) < 4.78 is 0. The molecule has 1 fully saturated rings. The van der Waals surface area contributed by atoms with Crippen LogP contribution < -0.4 is 0 Å². The molecule has 0 bridgehead atoms. The molecule has 1 saturated heterocycles. The molecule has 0 radical (unpaired) electrons. The lowest BCUT2D eigenvalue weighted by molar-refractivity contribution is 0.255. The summed E-state index contributed by atoms with van der Waals surface area (Å²) in [5.41, 5.74) is 4.96. The van der Waals surface area contributed by atoms with Crippen molar-refractivity contribution in [1.29, 1.82) is 0 Å². The molecular weight excluding hydrogens is 182 g/mol. The van der Waals surface area contributed by atoms with Gasteiger partial charge in [0.2, 0.25) is 0 Å². The van der Waals surface area contributed by atoms with E-state index < -0.39 is 0 Å². The van der Waals surface area contributed by atoms with Gasteiger partial charge in [0, 0.05) is 6.54 Å². The van der Waals surface area contributed by atoms with Gasteiger partial charge in [0.1, 0.15) is 0 Å². The number of rotatable bonds is 0. The number of nitrogens with zero attached hydrogens (tertiary/aromatic N) is 1. The van der Waals surface area contributed by atoms with E-state index in [1.165, 1.54) is 25.9 Å². The topological polar surface area (TPSA) is 3.24 Å². The van der Waals surface area contributed by atoms with Crippen molar-refractivity contribution in [3.05, 3.63) is 34.9 Å². The van der Waals surface area contributed by atoms with Gasteiger partial charge in [-0.3, -0.25) is 0 Å². The van der Waals surface area contributed by atoms with E-state index in [0.29, 0.717) is 0 Å². The first-order valence-corrected chi connectivity index (χ1v) is 6.02. The molecule has 0 aromatic rings. The molecule has 0 amide bonds. The van der Waals surface area contributed by atoms with Crippen molar-refractivity contribution >= 4 is 0 Å². The Hall–Kier alpha value is -0.820. The number of likely N-dealkylation sites (tertiary alicyclic amines) is 1. The van der Waals surface area contributed by atoms with E-state index in [4.69, 9.17) is 0 Å². The molecule has 1 aliphatic heterocycles. The molecule has 2 atom stereocenters. The number of hydrogen-bond acceptors (Lipinski definition) is 1. The molecule has 0 N–H and O–H groups in total. The molecule has 2 unspecified atom stereocenters. The Morgan fingerprint density at radius 1 is 1.33 bits per heavy atom. The predicted octanol–water partition coefficient (Wildman–Crippen LogP) is 2.77. The fourth-order valence-corrected chi connectivity index (χ4v) is 3.48. The quantitative estimate of drug-likeness (QED) is 0.582. The lowest BCUT2D eigenvalue weighted by atomic mass is 9.81. The molecule has 15 heavy (non-hydrogen) atoms. The van der Waals surface area contributed by atoms with E-state index in [1.54, 1.807) is 16.7 Å². The Morgan fingerprint density at radius 2 is 2.20 bits per heavy atom. The van der Waals surface area contributed by atoms with Crippen LogP contribution in [-0.4, -0.2) is 25.0 Å². The Labute approximate surface area is 92.2 Å². The monoisotopic (exact) mass is 201 g/mol. The standard InChI is InChI=1S/C14H19N/c1-10-11-5-3-4-6-12(11)13-7-8-15(2)9-14(10)13/h3-5,12-13H,6-9H2,1-2H3. The Bertz CT molecular complexity index is 373. The first-order valence-electron chi connectivity index (χ1n) is 6.02. The highest BCUT2D eigenvalue weighted by Gasteiger charge is 2.38. The fourth-order valence-electron chi connectivity index (χ4n) is 3.48. The minimum absolute atomic E-state index is 0.818. The molecule has 1 heteroatoms. The first kappa shape index (κ1) is 9.41. The molecule has 0 saturated carbocycles. The lowest BCUT2D eigenvalue weighted by Crippen LogP contribution is -2.33. The van der Waals surface area contributed by atoms with Crippen LogP contribution in [0.15, 0.2) is 34.9 Å². The molecule has 0 aromatic carbocycles. The smallest absolute Gasteiger partial charge is 0.0198 e. The van der Waals surface area contributed by atoms with Crippen molar-refractivity contribution in [2.75, 3.05) is 20.1 Å². The number of piperidine rings is 1. The van der Waals surface area contributed by atoms with Crippen molar-refractivity contribution in [3.63, 3.8) is 0 Å². The molecule has 2 aliphatic carbocycles. The maximum atomic E-state index is 2.46. The van der Waals surface area contributed by atoms with Crippen molar-refractivity contribution in [2.45, 2.75) is 19.8 Å². The highest BCUT2D eigenvalue weighted by Crippen LogP contribution is 2.47. The van der Waals surface area contributed by atoms with Gasteiger partial charge in [-0.05, 0) is 61.9 Å². The second-order valence-corrected chi connectivity index (χ2v) is 5.18. The van der Waals surface area contributed by atoms with Crippen LogP contribution in [-0.2, 0) is 0 Å². The first-order chi connectivity index (χ1) is 7.27. The van der Waals surface area contributed by atoms with Crippen molar-refractivity contribution < 1.29 is 0 Å². The van der Waals surface area contributed by atoms with Crippen molar-refractivity contribution in [3.8, 4) is 0 Å². The van der Waals surface area contributed by atoms with E-state index in [1.807, 2.05) is 0 Å². The van der Waals surface area contributed by atoms with E-state index >= 15 is 0 Å². The van der Waals surface area contributed by atoms with E-state index in [9.17, 15) is 0 Å². The lowest BCUT2D eigenvalue weighted by Gasteiger charge is -2.32. The summed E-state index contributed by atoms with van der Waals surface area (Å²) in [5.74, 6) is 1.68. The zero-order valence-corrected chi connectivity index (χ0v) is 9.66. The number of likely N-dealkylation sites (N-methyl/N-ethyl adjacent to an activating group) is 1. The van der Waals surface area contributed by atoms with Gasteiger partial charge in [0.25, 0.3) is 0 Å². The number of allylic oxidation sites excluding steroid dienone is 5. The molecule has 1 heterocycles. The van der Waals surface area contributed by atoms with Gasteiger partial charge >= 0.3 is 0 Å². The summed E-state index contributed by atoms with van der Waals surface area (Å²) in [6.07, 6.45) is 9.54. The third-order valence-corrected chi connectivity index (χ3v) is 4.31. The largest absolute Gasteiger partial charge is 0.302 e. The molecule has 0 spiro atoms. The maximum Gasteiger partial charge on any atom is 0.0198 e. The van der Waals surface area contributed by atoms with Crippen LogP contribution in [0.3, 0.4) is 0 Å². The summed E-state index contributed by atoms with van der Waals surface area (Å²) in [6.45, 7) is 4.80. The number of hydrogen-bond donors (Lipinski definition) is 0. The van der Waals surface area contributed by atoms with Crippen LogP contribution >= 0.6 is 0 Å². The van der Waals surface area contributed by atoms with Crippen LogP contribution in [0.2, 0.25) is 0 Å². The summed E-state index contributed by atoms with van der Waals surface area (Å²) >= 11 is 0. The molecule has 3 rings (SSSR count). The second-order valence-electron chi connectivity index (χ2n) is 5.18. The van der Waals surface area contributed by atoms with Crippen molar-refractivity contribution in [1.82, 2.24) is 4.90 Å². The van der Waals surface area contributed by atoms with E-state index in [0.717, 1.165) is 11.8 Å². The summed E-state index contributed by atoms with van der Waals surface area (Å²) in [6, 6.07) is 0. The number of fused-ring (bicyclic) bond motifs is 3. The van der Waals surface area contributed by atoms with Gasteiger partial charge in [0.15, 0.2) is 0 Å². The zero-order chi connectivity index (χ0) is 10.4. The average Bonchev–Trinajstić information content (AvgIpc) is 2.54. The summed E-state index contributed by atoms with van der Waals surface area (Å²) in [5, 5.41) is 0. The third-order valence-electron chi connectivity index (χ3n) is 4.31. The summed E-state index contributed by atoms with van der Waals surface area (Å²) in [7, 11) is 2.24. The SMILES string of the molecule is CC1=C2CN(C)CCC2C2CC=CC=C12. The highest BCUT2D eigenvalue weighted by molar-refractivity contribution is 5.48. The van der Waals surface area contributed by atoms with Crippen molar-refractivity contribution in [2.24, 2.45) is 11.8 Å². The molecule has 80 valence electrons. The van der Waals surface area contributed by atoms with Crippen LogP contribution in [0.1, 0.15) is 19.8 Å².